The van der Waals surface area contributed by atoms with Crippen LogP contribution < -0.4 is 25.0 Å². The van der Waals surface area contributed by atoms with Gasteiger partial charge in [-0.15, -0.1) is 0 Å². The van der Waals surface area contributed by atoms with Crippen molar-refractivity contribution >= 4 is 29.6 Å². The Morgan fingerprint density at radius 1 is 1.18 bits per heavy atom. The van der Waals surface area contributed by atoms with E-state index < -0.39 is 11.8 Å². The van der Waals surface area contributed by atoms with Gasteiger partial charge < -0.3 is 19.5 Å². The van der Waals surface area contributed by atoms with Crippen molar-refractivity contribution in [1.29, 1.82) is 0 Å². The van der Waals surface area contributed by atoms with E-state index in [1.54, 1.807) is 36.4 Å². The molecule has 0 atom stereocenters. The first-order valence-electron chi connectivity index (χ1n) is 8.49. The first-order valence-corrected chi connectivity index (χ1v) is 8.86. The number of carbonyl (C=O) groups excluding carboxylic acids is 2. The largest absolute Gasteiger partial charge is 0.493 e. The Morgan fingerprint density at radius 2 is 2.00 bits per heavy atom. The van der Waals surface area contributed by atoms with Gasteiger partial charge in [0.1, 0.15) is 5.75 Å². The number of hydrogen-bond acceptors (Lipinski definition) is 6. The lowest BCUT2D eigenvalue weighted by Gasteiger charge is -2.07. The summed E-state index contributed by atoms with van der Waals surface area (Å²) < 4.78 is 15.9. The second-order valence-corrected chi connectivity index (χ2v) is 6.12. The molecule has 2 aromatic rings. The highest BCUT2D eigenvalue weighted by atomic mass is 35.5. The first-order chi connectivity index (χ1) is 13.6. The van der Waals surface area contributed by atoms with Crippen molar-refractivity contribution in [3.8, 4) is 17.2 Å². The second-order valence-electron chi connectivity index (χ2n) is 5.68. The average Bonchev–Trinajstić information content (AvgIpc) is 3.16. The van der Waals surface area contributed by atoms with Crippen molar-refractivity contribution in [3.05, 3.63) is 52.5 Å². The van der Waals surface area contributed by atoms with E-state index >= 15 is 0 Å². The van der Waals surface area contributed by atoms with Crippen LogP contribution in [0.2, 0.25) is 5.02 Å². The molecule has 0 saturated carbocycles. The molecule has 2 amide bonds. The first kappa shape index (κ1) is 19.5. The molecule has 1 aliphatic heterocycles. The van der Waals surface area contributed by atoms with Crippen molar-refractivity contribution in [2.45, 2.75) is 13.5 Å². The molecule has 2 N–H and O–H groups in total. The summed E-state index contributed by atoms with van der Waals surface area (Å²) in [7, 11) is 0. The van der Waals surface area contributed by atoms with Crippen LogP contribution in [0.5, 0.6) is 17.2 Å². The van der Waals surface area contributed by atoms with Crippen molar-refractivity contribution < 1.29 is 23.8 Å². The molecule has 1 heterocycles. The predicted octanol–water partition coefficient (Wildman–Crippen LogP) is 2.23. The van der Waals surface area contributed by atoms with Crippen LogP contribution in [0.3, 0.4) is 0 Å². The number of amides is 2. The molecule has 0 saturated heterocycles. The maximum atomic E-state index is 11.9. The monoisotopic (exact) mass is 403 g/mol. The lowest BCUT2D eigenvalue weighted by molar-refractivity contribution is -0.139. The number of carbonyl (C=O) groups is 2. The highest BCUT2D eigenvalue weighted by molar-refractivity contribution is 6.35. The molecule has 146 valence electrons. The Morgan fingerprint density at radius 3 is 2.82 bits per heavy atom. The zero-order valence-electron chi connectivity index (χ0n) is 15.0. The summed E-state index contributed by atoms with van der Waals surface area (Å²) in [4.78, 5) is 23.8. The zero-order valence-corrected chi connectivity index (χ0v) is 15.8. The van der Waals surface area contributed by atoms with E-state index in [0.29, 0.717) is 34.4 Å². The Bertz CT molecular complexity index is 916. The normalized spacial score (nSPS) is 12.1. The SMILES string of the molecule is CCOc1ccc(Cl)cc1/C=N\NC(=O)C(=O)NCc1ccc2c(c1)OCO2. The summed E-state index contributed by atoms with van der Waals surface area (Å²) >= 11 is 5.96. The molecule has 0 bridgehead atoms. The van der Waals surface area contributed by atoms with E-state index in [1.807, 2.05) is 6.92 Å². The lowest BCUT2D eigenvalue weighted by atomic mass is 10.2. The molecule has 28 heavy (non-hydrogen) atoms. The van der Waals surface area contributed by atoms with Gasteiger partial charge in [-0.25, -0.2) is 5.43 Å². The van der Waals surface area contributed by atoms with Gasteiger partial charge in [-0.1, -0.05) is 17.7 Å². The quantitative estimate of drug-likeness (QED) is 0.438. The average molecular weight is 404 g/mol. The molecule has 9 heteroatoms. The number of halogens is 1. The van der Waals surface area contributed by atoms with Crippen molar-refractivity contribution in [3.63, 3.8) is 0 Å². The number of rotatable bonds is 6. The molecule has 0 radical (unpaired) electrons. The van der Waals surface area contributed by atoms with Crippen molar-refractivity contribution in [1.82, 2.24) is 10.7 Å². The molecule has 0 spiro atoms. The number of nitrogens with one attached hydrogen (secondary N) is 2. The maximum Gasteiger partial charge on any atom is 0.329 e. The number of hydrogen-bond donors (Lipinski definition) is 2. The van der Waals surface area contributed by atoms with Gasteiger partial charge in [-0.05, 0) is 42.8 Å². The van der Waals surface area contributed by atoms with Gasteiger partial charge in [-0.3, -0.25) is 9.59 Å². The number of fused-ring (bicyclic) bond motifs is 1. The van der Waals surface area contributed by atoms with Gasteiger partial charge in [0.25, 0.3) is 0 Å². The molecule has 3 rings (SSSR count). The summed E-state index contributed by atoms with van der Waals surface area (Å²) in [5.41, 5.74) is 3.52. The molecule has 0 fully saturated rings. The van der Waals surface area contributed by atoms with E-state index in [9.17, 15) is 9.59 Å². The third kappa shape index (κ3) is 4.92. The summed E-state index contributed by atoms with van der Waals surface area (Å²) in [6, 6.07) is 10.3. The number of nitrogens with zero attached hydrogens (tertiary/aromatic N) is 1. The summed E-state index contributed by atoms with van der Waals surface area (Å²) in [6.07, 6.45) is 1.36. The summed E-state index contributed by atoms with van der Waals surface area (Å²) in [6.45, 7) is 2.65. The smallest absolute Gasteiger partial charge is 0.329 e. The standard InChI is InChI=1S/C19H18ClN3O5/c1-2-26-15-6-4-14(20)8-13(15)10-22-23-19(25)18(24)21-9-12-3-5-16-17(7-12)28-11-27-16/h3-8,10H,2,9,11H2,1H3,(H,21,24)(H,23,25)/b22-10-. The minimum absolute atomic E-state index is 0.162. The van der Waals surface area contributed by atoms with E-state index in [1.165, 1.54) is 6.21 Å². The van der Waals surface area contributed by atoms with Crippen LogP contribution in [-0.2, 0) is 16.1 Å². The highest BCUT2D eigenvalue weighted by Gasteiger charge is 2.15. The van der Waals surface area contributed by atoms with E-state index in [2.05, 4.69) is 15.8 Å². The molecular weight excluding hydrogens is 386 g/mol. The minimum atomic E-state index is -0.892. The van der Waals surface area contributed by atoms with Crippen LogP contribution in [0, 0.1) is 0 Å². The van der Waals surface area contributed by atoms with Crippen molar-refractivity contribution in [2.24, 2.45) is 5.10 Å². The fraction of sp³-hybridized carbons (Fsp3) is 0.211. The second kappa shape index (κ2) is 9.09. The highest BCUT2D eigenvalue weighted by Crippen LogP contribution is 2.32. The maximum absolute atomic E-state index is 11.9. The Hall–Kier alpha value is -3.26. The van der Waals surface area contributed by atoms with Gasteiger partial charge in [0.15, 0.2) is 11.5 Å². The van der Waals surface area contributed by atoms with Gasteiger partial charge in [-0.2, -0.15) is 5.10 Å². The molecule has 0 aromatic heterocycles. The predicted molar refractivity (Wildman–Crippen MR) is 103 cm³/mol. The number of ether oxygens (including phenoxy) is 3. The van der Waals surface area contributed by atoms with E-state index in [0.717, 1.165) is 5.56 Å². The molecule has 1 aliphatic rings. The van der Waals surface area contributed by atoms with Gasteiger partial charge in [0.2, 0.25) is 6.79 Å². The van der Waals surface area contributed by atoms with Crippen LogP contribution in [0.1, 0.15) is 18.1 Å². The number of hydrazone groups is 1. The third-order valence-electron chi connectivity index (χ3n) is 3.74. The summed E-state index contributed by atoms with van der Waals surface area (Å²) in [5.74, 6) is 0.113. The molecule has 0 aliphatic carbocycles. The van der Waals surface area contributed by atoms with Gasteiger partial charge in [0.05, 0.1) is 12.8 Å². The van der Waals surface area contributed by atoms with Gasteiger partial charge >= 0.3 is 11.8 Å². The van der Waals surface area contributed by atoms with E-state index in [-0.39, 0.29) is 13.3 Å². The van der Waals surface area contributed by atoms with Crippen LogP contribution in [0.15, 0.2) is 41.5 Å². The van der Waals surface area contributed by atoms with Gasteiger partial charge in [0, 0.05) is 17.1 Å². The molecule has 0 unspecified atom stereocenters. The topological polar surface area (TPSA) is 98.2 Å². The molecule has 2 aromatic carbocycles. The minimum Gasteiger partial charge on any atom is -0.493 e. The van der Waals surface area contributed by atoms with Crippen LogP contribution in [-0.4, -0.2) is 31.4 Å². The molecule has 8 nitrogen and oxygen atoms in total. The zero-order chi connectivity index (χ0) is 19.9. The Labute approximate surface area is 166 Å². The fourth-order valence-electron chi connectivity index (χ4n) is 2.43. The Kier molecular flexibility index (Phi) is 6.33. The van der Waals surface area contributed by atoms with Crippen molar-refractivity contribution in [2.75, 3.05) is 13.4 Å². The fourth-order valence-corrected chi connectivity index (χ4v) is 2.61. The Balaban J connectivity index is 1.52. The van der Waals surface area contributed by atoms with Crippen LogP contribution in [0.4, 0.5) is 0 Å². The number of benzene rings is 2. The van der Waals surface area contributed by atoms with Crippen LogP contribution >= 0.6 is 11.6 Å². The summed E-state index contributed by atoms with van der Waals surface area (Å²) in [5, 5.41) is 6.80. The van der Waals surface area contributed by atoms with E-state index in [4.69, 9.17) is 25.8 Å². The van der Waals surface area contributed by atoms with Crippen LogP contribution in [0.25, 0.3) is 0 Å². The third-order valence-corrected chi connectivity index (χ3v) is 3.97. The lowest BCUT2D eigenvalue weighted by Crippen LogP contribution is -2.37. The molecular formula is C19H18ClN3O5.